The zero-order chi connectivity index (χ0) is 13.9. The number of aryl methyl sites for hydroxylation is 2. The number of ether oxygens (including phenoxy) is 1. The van der Waals surface area contributed by atoms with Crippen molar-refractivity contribution in [3.05, 3.63) is 47.7 Å². The number of benzene rings is 1. The summed E-state index contributed by atoms with van der Waals surface area (Å²) in [4.78, 5) is 0. The van der Waals surface area contributed by atoms with Crippen LogP contribution in [0.2, 0.25) is 0 Å². The van der Waals surface area contributed by atoms with Crippen LogP contribution in [0.3, 0.4) is 0 Å². The van der Waals surface area contributed by atoms with Crippen molar-refractivity contribution in [3.8, 4) is 17.2 Å². The Hall–Kier alpha value is -2.63. The van der Waals surface area contributed by atoms with Gasteiger partial charge in [0.15, 0.2) is 0 Å². The lowest BCUT2D eigenvalue weighted by atomic mass is 10.2. The van der Waals surface area contributed by atoms with Gasteiger partial charge in [-0.1, -0.05) is 5.16 Å². The molecule has 0 aliphatic rings. The van der Waals surface area contributed by atoms with E-state index in [2.05, 4.69) is 15.4 Å². The van der Waals surface area contributed by atoms with Gasteiger partial charge in [0.1, 0.15) is 18.1 Å². The average molecular weight is 271 g/mol. The van der Waals surface area contributed by atoms with Crippen LogP contribution in [0.1, 0.15) is 17.0 Å². The van der Waals surface area contributed by atoms with E-state index in [4.69, 9.17) is 13.7 Å². The van der Waals surface area contributed by atoms with Crippen LogP contribution in [0.4, 0.5) is 0 Å². The minimum atomic E-state index is 0.432. The number of aromatic nitrogens is 3. The largest absolute Gasteiger partial charge is 0.489 e. The molecule has 0 aliphatic heterocycles. The normalized spacial score (nSPS) is 10.7. The van der Waals surface area contributed by atoms with Crippen molar-refractivity contribution in [3.63, 3.8) is 0 Å². The van der Waals surface area contributed by atoms with E-state index in [0.717, 1.165) is 28.3 Å². The molecule has 0 spiro atoms. The molecule has 0 radical (unpaired) electrons. The summed E-state index contributed by atoms with van der Waals surface area (Å²) >= 11 is 0. The zero-order valence-corrected chi connectivity index (χ0v) is 11.2. The number of hydrogen-bond acceptors (Lipinski definition) is 6. The van der Waals surface area contributed by atoms with Crippen molar-refractivity contribution in [1.29, 1.82) is 0 Å². The van der Waals surface area contributed by atoms with Crippen molar-refractivity contribution >= 4 is 0 Å². The smallest absolute Gasteiger partial charge is 0.247 e. The van der Waals surface area contributed by atoms with Crippen LogP contribution in [-0.4, -0.2) is 15.4 Å². The molecule has 20 heavy (non-hydrogen) atoms. The maximum Gasteiger partial charge on any atom is 0.247 e. The number of hydrogen-bond donors (Lipinski definition) is 0. The molecule has 1 aromatic carbocycles. The van der Waals surface area contributed by atoms with E-state index in [0.29, 0.717) is 12.5 Å². The first-order chi connectivity index (χ1) is 9.74. The second kappa shape index (κ2) is 5.16. The molecule has 3 rings (SSSR count). The predicted octanol–water partition coefficient (Wildman–Crippen LogP) is 2.92. The van der Waals surface area contributed by atoms with Crippen LogP contribution >= 0.6 is 0 Å². The second-order valence-corrected chi connectivity index (χ2v) is 4.36. The Morgan fingerprint density at radius 2 is 1.95 bits per heavy atom. The molecule has 2 heterocycles. The van der Waals surface area contributed by atoms with Crippen LogP contribution in [0.5, 0.6) is 5.75 Å². The number of rotatable bonds is 4. The molecule has 0 saturated heterocycles. The lowest BCUT2D eigenvalue weighted by Crippen LogP contribution is -1.97. The Kier molecular flexibility index (Phi) is 3.20. The van der Waals surface area contributed by atoms with E-state index in [1.165, 1.54) is 6.39 Å². The SMILES string of the molecule is Cc1noc(C)c1COc1ccc(-c2nnco2)cc1. The molecule has 102 valence electrons. The molecule has 0 saturated carbocycles. The first-order valence-corrected chi connectivity index (χ1v) is 6.15. The average Bonchev–Trinajstić information content (AvgIpc) is 3.09. The highest BCUT2D eigenvalue weighted by Gasteiger charge is 2.10. The summed E-state index contributed by atoms with van der Waals surface area (Å²) in [6.45, 7) is 4.20. The van der Waals surface area contributed by atoms with Crippen LogP contribution in [0.25, 0.3) is 11.5 Å². The highest BCUT2D eigenvalue weighted by atomic mass is 16.5. The van der Waals surface area contributed by atoms with Gasteiger partial charge in [-0.2, -0.15) is 0 Å². The zero-order valence-electron chi connectivity index (χ0n) is 11.2. The summed E-state index contributed by atoms with van der Waals surface area (Å²) in [6.07, 6.45) is 1.30. The van der Waals surface area contributed by atoms with E-state index >= 15 is 0 Å². The van der Waals surface area contributed by atoms with Gasteiger partial charge in [0.25, 0.3) is 0 Å². The Bertz CT molecular complexity index is 668. The summed E-state index contributed by atoms with van der Waals surface area (Å²) in [7, 11) is 0. The molecule has 3 aromatic rings. The molecule has 0 amide bonds. The third-order valence-corrected chi connectivity index (χ3v) is 3.03. The van der Waals surface area contributed by atoms with Gasteiger partial charge >= 0.3 is 0 Å². The van der Waals surface area contributed by atoms with E-state index in [-0.39, 0.29) is 0 Å². The Balaban J connectivity index is 1.70. The standard InChI is InChI=1S/C14H13N3O3/c1-9-13(10(2)20-17-9)7-18-12-5-3-11(4-6-12)14-16-15-8-19-14/h3-6,8H,7H2,1-2H3. The fraction of sp³-hybridized carbons (Fsp3) is 0.214. The molecule has 6 heteroatoms. The Morgan fingerprint density at radius 1 is 1.15 bits per heavy atom. The highest BCUT2D eigenvalue weighted by molar-refractivity contribution is 5.53. The Morgan fingerprint density at radius 3 is 2.55 bits per heavy atom. The van der Waals surface area contributed by atoms with Crippen LogP contribution in [-0.2, 0) is 6.61 Å². The topological polar surface area (TPSA) is 74.2 Å². The molecule has 0 unspecified atom stereocenters. The quantitative estimate of drug-likeness (QED) is 0.726. The van der Waals surface area contributed by atoms with Gasteiger partial charge in [-0.15, -0.1) is 10.2 Å². The van der Waals surface area contributed by atoms with E-state index in [1.54, 1.807) is 0 Å². The van der Waals surface area contributed by atoms with E-state index in [1.807, 2.05) is 38.1 Å². The van der Waals surface area contributed by atoms with E-state index in [9.17, 15) is 0 Å². The monoisotopic (exact) mass is 271 g/mol. The molecular formula is C14H13N3O3. The molecule has 0 atom stereocenters. The van der Waals surface area contributed by atoms with Gasteiger partial charge in [0.05, 0.1) is 11.3 Å². The molecule has 0 bridgehead atoms. The summed E-state index contributed by atoms with van der Waals surface area (Å²) in [5.74, 6) is 2.03. The van der Waals surface area contributed by atoms with Crippen molar-refractivity contribution in [2.45, 2.75) is 20.5 Å². The van der Waals surface area contributed by atoms with Crippen molar-refractivity contribution in [1.82, 2.24) is 15.4 Å². The van der Waals surface area contributed by atoms with Gasteiger partial charge in [-0.05, 0) is 38.1 Å². The number of nitrogens with zero attached hydrogens (tertiary/aromatic N) is 3. The third-order valence-electron chi connectivity index (χ3n) is 3.03. The van der Waals surface area contributed by atoms with Crippen molar-refractivity contribution in [2.75, 3.05) is 0 Å². The predicted molar refractivity (Wildman–Crippen MR) is 70.0 cm³/mol. The van der Waals surface area contributed by atoms with E-state index < -0.39 is 0 Å². The summed E-state index contributed by atoms with van der Waals surface area (Å²) in [5.41, 5.74) is 2.68. The van der Waals surface area contributed by atoms with Gasteiger partial charge < -0.3 is 13.7 Å². The highest BCUT2D eigenvalue weighted by Crippen LogP contribution is 2.22. The lowest BCUT2D eigenvalue weighted by Gasteiger charge is -2.06. The van der Waals surface area contributed by atoms with Gasteiger partial charge in [0.2, 0.25) is 12.3 Å². The molecule has 0 aliphatic carbocycles. The molecule has 2 aromatic heterocycles. The van der Waals surface area contributed by atoms with Gasteiger partial charge in [-0.3, -0.25) is 0 Å². The van der Waals surface area contributed by atoms with Gasteiger partial charge in [-0.25, -0.2) is 0 Å². The fourth-order valence-corrected chi connectivity index (χ4v) is 1.86. The summed E-state index contributed by atoms with van der Waals surface area (Å²) in [6, 6.07) is 7.46. The minimum absolute atomic E-state index is 0.432. The minimum Gasteiger partial charge on any atom is -0.489 e. The first-order valence-electron chi connectivity index (χ1n) is 6.15. The van der Waals surface area contributed by atoms with Crippen molar-refractivity contribution < 1.29 is 13.7 Å². The molecule has 0 N–H and O–H groups in total. The first kappa shape index (κ1) is 12.4. The summed E-state index contributed by atoms with van der Waals surface area (Å²) < 4.78 is 15.9. The Labute approximate surface area is 115 Å². The molecule has 0 fully saturated rings. The fourth-order valence-electron chi connectivity index (χ4n) is 1.86. The van der Waals surface area contributed by atoms with Crippen LogP contribution in [0, 0.1) is 13.8 Å². The maximum atomic E-state index is 5.72. The second-order valence-electron chi connectivity index (χ2n) is 4.36. The summed E-state index contributed by atoms with van der Waals surface area (Å²) in [5, 5.41) is 11.4. The molecule has 6 nitrogen and oxygen atoms in total. The molecular weight excluding hydrogens is 258 g/mol. The lowest BCUT2D eigenvalue weighted by molar-refractivity contribution is 0.302. The van der Waals surface area contributed by atoms with Crippen LogP contribution < -0.4 is 4.74 Å². The van der Waals surface area contributed by atoms with Crippen LogP contribution in [0.15, 0.2) is 39.6 Å². The third kappa shape index (κ3) is 2.40. The van der Waals surface area contributed by atoms with Gasteiger partial charge in [0, 0.05) is 5.56 Å². The van der Waals surface area contributed by atoms with Crippen molar-refractivity contribution in [2.24, 2.45) is 0 Å². The maximum absolute atomic E-state index is 5.72.